The maximum absolute atomic E-state index is 12.5. The molecule has 0 spiro atoms. The molecule has 0 radical (unpaired) electrons. The highest BCUT2D eigenvalue weighted by Gasteiger charge is 2.17. The molecular weight excluding hydrogens is 288 g/mol. The number of carbonyl (C=O) groups is 1. The molecule has 3 aromatic rings. The second kappa shape index (κ2) is 5.18. The van der Waals surface area contributed by atoms with E-state index in [2.05, 4.69) is 10.1 Å². The molecule has 106 valence electrons. The summed E-state index contributed by atoms with van der Waals surface area (Å²) >= 11 is 5.97. The number of halogens is 1. The van der Waals surface area contributed by atoms with Gasteiger partial charge in [-0.2, -0.15) is 5.10 Å². The highest BCUT2D eigenvalue weighted by molar-refractivity contribution is 6.31. The molecule has 0 saturated carbocycles. The lowest BCUT2D eigenvalue weighted by atomic mass is 10.2. The van der Waals surface area contributed by atoms with Crippen LogP contribution in [0.1, 0.15) is 10.5 Å². The van der Waals surface area contributed by atoms with Crippen molar-refractivity contribution in [1.29, 1.82) is 0 Å². The number of carbonyl (C=O) groups excluding carboxylic acids is 1. The Hall–Kier alpha value is -2.40. The minimum atomic E-state index is -0.194. The first kappa shape index (κ1) is 13.6. The van der Waals surface area contributed by atoms with Crippen LogP contribution >= 0.6 is 11.6 Å². The molecule has 6 heteroatoms. The zero-order valence-electron chi connectivity index (χ0n) is 11.6. The monoisotopic (exact) mass is 300 g/mol. The van der Waals surface area contributed by atoms with Gasteiger partial charge in [-0.25, -0.2) is 4.98 Å². The molecule has 0 aliphatic carbocycles. The smallest absolute Gasteiger partial charge is 0.277 e. The largest absolute Gasteiger partial charge is 0.295 e. The van der Waals surface area contributed by atoms with Gasteiger partial charge in [0.15, 0.2) is 0 Å². The molecular formula is C15H13ClN4O. The zero-order chi connectivity index (χ0) is 15.0. The maximum Gasteiger partial charge on any atom is 0.277 e. The van der Waals surface area contributed by atoms with Crippen LogP contribution in [0.25, 0.3) is 10.9 Å². The SMILES string of the molecule is CN(C(=O)c1ccc2ccc(Cl)cc2n1)c1ccnn1C. The van der Waals surface area contributed by atoms with Crippen molar-refractivity contribution < 1.29 is 4.79 Å². The number of anilines is 1. The Balaban J connectivity index is 1.99. The summed E-state index contributed by atoms with van der Waals surface area (Å²) in [5.41, 5.74) is 1.07. The van der Waals surface area contributed by atoms with Gasteiger partial charge in [0.2, 0.25) is 0 Å². The number of aromatic nitrogens is 3. The van der Waals surface area contributed by atoms with Gasteiger partial charge in [-0.15, -0.1) is 0 Å². The van der Waals surface area contributed by atoms with Gasteiger partial charge in [0.1, 0.15) is 11.5 Å². The van der Waals surface area contributed by atoms with Crippen molar-refractivity contribution in [3.8, 4) is 0 Å². The van der Waals surface area contributed by atoms with E-state index < -0.39 is 0 Å². The van der Waals surface area contributed by atoms with E-state index in [9.17, 15) is 4.79 Å². The molecule has 0 fully saturated rings. The fourth-order valence-corrected chi connectivity index (χ4v) is 2.35. The van der Waals surface area contributed by atoms with Crippen molar-refractivity contribution in [2.45, 2.75) is 0 Å². The first-order chi connectivity index (χ1) is 10.1. The van der Waals surface area contributed by atoms with Crippen molar-refractivity contribution in [3.05, 3.63) is 53.3 Å². The molecule has 3 rings (SSSR count). The Morgan fingerprint density at radius 2 is 2.00 bits per heavy atom. The van der Waals surface area contributed by atoms with Crippen LogP contribution in [0.5, 0.6) is 0 Å². The number of benzene rings is 1. The molecule has 0 unspecified atom stereocenters. The first-order valence-corrected chi connectivity index (χ1v) is 6.76. The maximum atomic E-state index is 12.5. The van der Waals surface area contributed by atoms with Crippen molar-refractivity contribution >= 4 is 34.2 Å². The van der Waals surface area contributed by atoms with E-state index in [1.54, 1.807) is 49.2 Å². The molecule has 1 aromatic carbocycles. The summed E-state index contributed by atoms with van der Waals surface area (Å²) in [5.74, 6) is 0.508. The Morgan fingerprint density at radius 3 is 2.71 bits per heavy atom. The molecule has 0 aliphatic rings. The number of hydrogen-bond donors (Lipinski definition) is 0. The van der Waals surface area contributed by atoms with Gasteiger partial charge in [0, 0.05) is 30.6 Å². The number of fused-ring (bicyclic) bond motifs is 1. The predicted octanol–water partition coefficient (Wildman–Crippen LogP) is 2.90. The topological polar surface area (TPSA) is 51.0 Å². The molecule has 1 amide bonds. The fourth-order valence-electron chi connectivity index (χ4n) is 2.18. The van der Waals surface area contributed by atoms with Crippen molar-refractivity contribution in [2.75, 3.05) is 11.9 Å². The summed E-state index contributed by atoms with van der Waals surface area (Å²) in [7, 11) is 3.48. The lowest BCUT2D eigenvalue weighted by Gasteiger charge is -2.16. The number of amides is 1. The molecule has 0 saturated heterocycles. The summed E-state index contributed by atoms with van der Waals surface area (Å²) in [4.78, 5) is 18.4. The number of aryl methyl sites for hydroxylation is 1. The van der Waals surface area contributed by atoms with E-state index in [-0.39, 0.29) is 5.91 Å². The molecule has 0 atom stereocenters. The standard InChI is InChI=1S/C15H13ClN4O/c1-19(14-7-8-17-20(14)2)15(21)12-6-4-10-3-5-11(16)9-13(10)18-12/h3-9H,1-2H3. The van der Waals surface area contributed by atoms with Crippen molar-refractivity contribution in [1.82, 2.24) is 14.8 Å². The third-order valence-electron chi connectivity index (χ3n) is 3.32. The number of pyridine rings is 1. The van der Waals surface area contributed by atoms with Gasteiger partial charge in [-0.05, 0) is 18.2 Å². The van der Waals surface area contributed by atoms with Crippen molar-refractivity contribution in [3.63, 3.8) is 0 Å². The van der Waals surface area contributed by atoms with Gasteiger partial charge in [-0.3, -0.25) is 14.4 Å². The second-order valence-electron chi connectivity index (χ2n) is 4.71. The molecule has 5 nitrogen and oxygen atoms in total. The van der Waals surface area contributed by atoms with E-state index in [1.165, 1.54) is 4.90 Å². The van der Waals surface area contributed by atoms with Gasteiger partial charge in [0.25, 0.3) is 5.91 Å². The van der Waals surface area contributed by atoms with E-state index in [0.717, 1.165) is 5.39 Å². The van der Waals surface area contributed by atoms with Gasteiger partial charge >= 0.3 is 0 Å². The second-order valence-corrected chi connectivity index (χ2v) is 5.15. The minimum absolute atomic E-state index is 0.194. The predicted molar refractivity (Wildman–Crippen MR) is 82.7 cm³/mol. The average Bonchev–Trinajstić information content (AvgIpc) is 2.91. The van der Waals surface area contributed by atoms with E-state index in [1.807, 2.05) is 12.1 Å². The van der Waals surface area contributed by atoms with Crippen LogP contribution in [-0.2, 0) is 7.05 Å². The zero-order valence-corrected chi connectivity index (χ0v) is 12.4. The lowest BCUT2D eigenvalue weighted by Crippen LogP contribution is -2.28. The van der Waals surface area contributed by atoms with Crippen LogP contribution in [0.4, 0.5) is 5.82 Å². The van der Waals surface area contributed by atoms with Crippen molar-refractivity contribution in [2.24, 2.45) is 7.05 Å². The molecule has 0 N–H and O–H groups in total. The van der Waals surface area contributed by atoms with Crippen LogP contribution in [0.15, 0.2) is 42.6 Å². The summed E-state index contributed by atoms with van der Waals surface area (Å²) in [5, 5.41) is 5.60. The highest BCUT2D eigenvalue weighted by atomic mass is 35.5. The Labute approximate surface area is 126 Å². The highest BCUT2D eigenvalue weighted by Crippen LogP contribution is 2.19. The minimum Gasteiger partial charge on any atom is -0.295 e. The van der Waals surface area contributed by atoms with Crippen LogP contribution in [0.2, 0.25) is 5.02 Å². The Kier molecular flexibility index (Phi) is 3.35. The summed E-state index contributed by atoms with van der Waals surface area (Å²) in [6.45, 7) is 0. The Morgan fingerprint density at radius 1 is 1.24 bits per heavy atom. The summed E-state index contributed by atoms with van der Waals surface area (Å²) < 4.78 is 1.63. The molecule has 2 aromatic heterocycles. The number of hydrogen-bond acceptors (Lipinski definition) is 3. The van der Waals surface area contributed by atoms with Gasteiger partial charge in [-0.1, -0.05) is 23.7 Å². The van der Waals surface area contributed by atoms with Gasteiger partial charge in [0.05, 0.1) is 11.7 Å². The van der Waals surface area contributed by atoms with Crippen LogP contribution < -0.4 is 4.90 Å². The number of nitrogens with zero attached hydrogens (tertiary/aromatic N) is 4. The van der Waals surface area contributed by atoms with Gasteiger partial charge < -0.3 is 0 Å². The molecule has 0 aliphatic heterocycles. The number of rotatable bonds is 2. The quantitative estimate of drug-likeness (QED) is 0.731. The third-order valence-corrected chi connectivity index (χ3v) is 3.55. The van der Waals surface area contributed by atoms with Crippen LogP contribution in [-0.4, -0.2) is 27.7 Å². The van der Waals surface area contributed by atoms with E-state index >= 15 is 0 Å². The lowest BCUT2D eigenvalue weighted by molar-refractivity contribution is 0.0987. The average molecular weight is 301 g/mol. The summed E-state index contributed by atoms with van der Waals surface area (Å²) in [6, 6.07) is 10.8. The fraction of sp³-hybridized carbons (Fsp3) is 0.133. The molecule has 21 heavy (non-hydrogen) atoms. The third kappa shape index (κ3) is 2.48. The normalized spacial score (nSPS) is 10.8. The van der Waals surface area contributed by atoms with E-state index in [0.29, 0.717) is 22.1 Å². The summed E-state index contributed by atoms with van der Waals surface area (Å²) in [6.07, 6.45) is 1.65. The molecule has 0 bridgehead atoms. The molecule has 2 heterocycles. The van der Waals surface area contributed by atoms with Crippen LogP contribution in [0.3, 0.4) is 0 Å². The van der Waals surface area contributed by atoms with Crippen LogP contribution in [0, 0.1) is 0 Å². The van der Waals surface area contributed by atoms with E-state index in [4.69, 9.17) is 11.6 Å². The first-order valence-electron chi connectivity index (χ1n) is 6.38. The Bertz CT molecular complexity index is 827.